The van der Waals surface area contributed by atoms with E-state index in [1.165, 1.54) is 53.8 Å². The molecule has 3 aromatic rings. The zero-order valence-electron chi connectivity index (χ0n) is 18.8. The highest BCUT2D eigenvalue weighted by atomic mass is 32.2. The summed E-state index contributed by atoms with van der Waals surface area (Å²) in [5.41, 5.74) is -0.359. The van der Waals surface area contributed by atoms with Gasteiger partial charge in [-0.3, -0.25) is 28.4 Å². The van der Waals surface area contributed by atoms with Gasteiger partial charge in [-0.2, -0.15) is 0 Å². The van der Waals surface area contributed by atoms with Crippen molar-refractivity contribution in [2.24, 2.45) is 19.1 Å². The van der Waals surface area contributed by atoms with Crippen molar-refractivity contribution in [3.05, 3.63) is 51.4 Å². The molecule has 0 radical (unpaired) electrons. The van der Waals surface area contributed by atoms with Crippen LogP contribution >= 0.6 is 0 Å². The average Bonchev–Trinajstić information content (AvgIpc) is 3.04. The molecule has 2 aromatic heterocycles. The van der Waals surface area contributed by atoms with E-state index in [0.29, 0.717) is 24.5 Å². The van der Waals surface area contributed by atoms with Crippen molar-refractivity contribution >= 4 is 38.6 Å². The lowest BCUT2D eigenvalue weighted by molar-refractivity contribution is -0.116. The Kier molecular flexibility index (Phi) is 6.37. The van der Waals surface area contributed by atoms with Crippen LogP contribution in [0.1, 0.15) is 25.7 Å². The molecule has 4 rings (SSSR count). The summed E-state index contributed by atoms with van der Waals surface area (Å²) in [6.45, 7) is 0.392. The Morgan fingerprint density at radius 2 is 1.79 bits per heavy atom. The number of hydrogen-bond donors (Lipinski definition) is 2. The summed E-state index contributed by atoms with van der Waals surface area (Å²) in [5.74, 6) is 0.0165. The second-order valence-corrected chi connectivity index (χ2v) is 9.75. The van der Waals surface area contributed by atoms with Gasteiger partial charge in [0.2, 0.25) is 5.91 Å². The molecule has 180 valence electrons. The fourth-order valence-electron chi connectivity index (χ4n) is 3.76. The molecule has 0 bridgehead atoms. The minimum Gasteiger partial charge on any atom is -0.325 e. The third kappa shape index (κ3) is 4.64. The Hall–Kier alpha value is -3.74. The SMILES string of the molecule is Cn1c(=O)c2c(ncn2CC(=O)Nc2ccc(S(=O)(=O)NC3=NCCCCC3)cc2)n(C)c1=O. The van der Waals surface area contributed by atoms with E-state index in [1.807, 2.05) is 0 Å². The maximum absolute atomic E-state index is 12.6. The van der Waals surface area contributed by atoms with E-state index in [4.69, 9.17) is 0 Å². The first-order chi connectivity index (χ1) is 16.2. The topological polar surface area (TPSA) is 149 Å². The summed E-state index contributed by atoms with van der Waals surface area (Å²) in [5, 5.41) is 2.67. The average molecular weight is 488 g/mol. The van der Waals surface area contributed by atoms with Crippen molar-refractivity contribution in [1.29, 1.82) is 0 Å². The van der Waals surface area contributed by atoms with Gasteiger partial charge in [0, 0.05) is 32.7 Å². The number of aliphatic imine (C=N–C) groups is 1. The van der Waals surface area contributed by atoms with Gasteiger partial charge in [-0.25, -0.2) is 18.2 Å². The lowest BCUT2D eigenvalue weighted by atomic mass is 10.2. The molecule has 0 saturated carbocycles. The molecule has 12 nitrogen and oxygen atoms in total. The molecule has 2 N–H and O–H groups in total. The first kappa shape index (κ1) is 23.4. The van der Waals surface area contributed by atoms with Crippen LogP contribution in [-0.2, 0) is 35.5 Å². The number of carbonyl (C=O) groups is 1. The van der Waals surface area contributed by atoms with Crippen LogP contribution in [0.15, 0.2) is 50.1 Å². The van der Waals surface area contributed by atoms with Gasteiger partial charge in [-0.1, -0.05) is 6.42 Å². The van der Waals surface area contributed by atoms with E-state index in [9.17, 15) is 22.8 Å². The van der Waals surface area contributed by atoms with Crippen molar-refractivity contribution in [2.45, 2.75) is 37.1 Å². The highest BCUT2D eigenvalue weighted by Crippen LogP contribution is 2.16. The Morgan fingerprint density at radius 1 is 1.06 bits per heavy atom. The highest BCUT2D eigenvalue weighted by Gasteiger charge is 2.18. The quantitative estimate of drug-likeness (QED) is 0.529. The monoisotopic (exact) mass is 487 g/mol. The number of imidazole rings is 1. The van der Waals surface area contributed by atoms with Crippen LogP contribution in [-0.4, -0.2) is 45.4 Å². The van der Waals surface area contributed by atoms with Gasteiger partial charge in [-0.15, -0.1) is 0 Å². The highest BCUT2D eigenvalue weighted by molar-refractivity contribution is 7.90. The number of nitrogens with zero attached hydrogens (tertiary/aromatic N) is 5. The van der Waals surface area contributed by atoms with E-state index < -0.39 is 27.2 Å². The van der Waals surface area contributed by atoms with Gasteiger partial charge < -0.3 is 9.88 Å². The lowest BCUT2D eigenvalue weighted by Gasteiger charge is -2.11. The molecule has 0 saturated heterocycles. The fourth-order valence-corrected chi connectivity index (χ4v) is 4.85. The van der Waals surface area contributed by atoms with Gasteiger partial charge in [0.05, 0.1) is 11.2 Å². The summed E-state index contributed by atoms with van der Waals surface area (Å²) in [7, 11) is -0.924. The minimum atomic E-state index is -3.77. The number of amides is 1. The molecule has 0 atom stereocenters. The van der Waals surface area contributed by atoms with E-state index in [-0.39, 0.29) is 22.6 Å². The van der Waals surface area contributed by atoms with Gasteiger partial charge in [-0.05, 0) is 37.1 Å². The molecular weight excluding hydrogens is 462 g/mol. The van der Waals surface area contributed by atoms with Gasteiger partial charge in [0.1, 0.15) is 12.4 Å². The van der Waals surface area contributed by atoms with Crippen LogP contribution in [0, 0.1) is 0 Å². The van der Waals surface area contributed by atoms with E-state index in [2.05, 4.69) is 20.0 Å². The molecule has 1 aromatic carbocycles. The number of fused-ring (bicyclic) bond motifs is 1. The van der Waals surface area contributed by atoms with Crippen molar-refractivity contribution in [3.63, 3.8) is 0 Å². The molecule has 0 unspecified atom stereocenters. The number of rotatable bonds is 5. The number of amidine groups is 1. The van der Waals surface area contributed by atoms with E-state index in [1.54, 1.807) is 0 Å². The predicted molar refractivity (Wildman–Crippen MR) is 126 cm³/mol. The van der Waals surface area contributed by atoms with Crippen LogP contribution in [0.25, 0.3) is 11.2 Å². The second kappa shape index (κ2) is 9.25. The maximum Gasteiger partial charge on any atom is 0.332 e. The Balaban J connectivity index is 1.47. The maximum atomic E-state index is 12.6. The summed E-state index contributed by atoms with van der Waals surface area (Å²) in [4.78, 5) is 45.5. The standard InChI is InChI=1S/C21H25N7O5S/c1-26-19-18(20(30)27(2)21(26)31)28(13-23-19)12-17(29)24-14-7-9-15(10-8-14)34(32,33)25-16-6-4-3-5-11-22-16/h7-10,13H,3-6,11-12H2,1-2H3,(H,22,25)(H,24,29). The van der Waals surface area contributed by atoms with Crippen molar-refractivity contribution < 1.29 is 13.2 Å². The summed E-state index contributed by atoms with van der Waals surface area (Å²) < 4.78 is 31.4. The first-order valence-corrected chi connectivity index (χ1v) is 12.2. The number of carbonyl (C=O) groups excluding carboxylic acids is 1. The lowest BCUT2D eigenvalue weighted by Crippen LogP contribution is -2.37. The third-order valence-electron chi connectivity index (χ3n) is 5.61. The molecule has 0 spiro atoms. The second-order valence-electron chi connectivity index (χ2n) is 8.07. The zero-order chi connectivity index (χ0) is 24.5. The van der Waals surface area contributed by atoms with Crippen LogP contribution in [0.5, 0.6) is 0 Å². The summed E-state index contributed by atoms with van der Waals surface area (Å²) in [6.07, 6.45) is 4.77. The zero-order valence-corrected chi connectivity index (χ0v) is 19.6. The molecule has 34 heavy (non-hydrogen) atoms. The largest absolute Gasteiger partial charge is 0.332 e. The molecule has 1 aliphatic rings. The number of nitrogens with one attached hydrogen (secondary N) is 2. The van der Waals surface area contributed by atoms with Crippen LogP contribution < -0.4 is 21.3 Å². The summed E-state index contributed by atoms with van der Waals surface area (Å²) >= 11 is 0. The Labute approximate surface area is 195 Å². The molecular formula is C21H25N7O5S. The van der Waals surface area contributed by atoms with E-state index >= 15 is 0 Å². The Morgan fingerprint density at radius 3 is 2.53 bits per heavy atom. The number of anilines is 1. The van der Waals surface area contributed by atoms with Crippen molar-refractivity contribution in [2.75, 3.05) is 11.9 Å². The van der Waals surface area contributed by atoms with Gasteiger partial charge in [0.25, 0.3) is 15.6 Å². The number of sulfonamides is 1. The van der Waals surface area contributed by atoms with Gasteiger partial charge in [0.15, 0.2) is 11.2 Å². The third-order valence-corrected chi connectivity index (χ3v) is 7.00. The van der Waals surface area contributed by atoms with Crippen LogP contribution in [0.3, 0.4) is 0 Å². The van der Waals surface area contributed by atoms with Crippen molar-refractivity contribution in [1.82, 2.24) is 23.4 Å². The molecule has 13 heteroatoms. The molecule has 3 heterocycles. The predicted octanol–water partition coefficient (Wildman–Crippen LogP) is 0.323. The molecule has 1 amide bonds. The molecule has 0 aliphatic carbocycles. The summed E-state index contributed by atoms with van der Waals surface area (Å²) in [6, 6.07) is 5.76. The normalized spacial score (nSPS) is 14.5. The number of hydrogen-bond acceptors (Lipinski definition) is 7. The fraction of sp³-hybridized carbons (Fsp3) is 0.381. The van der Waals surface area contributed by atoms with Crippen LogP contribution in [0.2, 0.25) is 0 Å². The first-order valence-electron chi connectivity index (χ1n) is 10.7. The molecule has 1 aliphatic heterocycles. The van der Waals surface area contributed by atoms with Crippen LogP contribution in [0.4, 0.5) is 5.69 Å². The van der Waals surface area contributed by atoms with Crippen molar-refractivity contribution in [3.8, 4) is 0 Å². The number of benzene rings is 1. The number of aryl methyl sites for hydroxylation is 1. The van der Waals surface area contributed by atoms with Gasteiger partial charge >= 0.3 is 5.69 Å². The Bertz CT molecular complexity index is 1500. The number of aromatic nitrogens is 4. The minimum absolute atomic E-state index is 0.0578. The smallest absolute Gasteiger partial charge is 0.325 e. The molecule has 0 fully saturated rings. The van der Waals surface area contributed by atoms with E-state index in [0.717, 1.165) is 23.8 Å².